The highest BCUT2D eigenvalue weighted by Crippen LogP contribution is 1.88. The summed E-state index contributed by atoms with van der Waals surface area (Å²) in [6.07, 6.45) is 8.18. The van der Waals surface area contributed by atoms with E-state index in [2.05, 4.69) is 19.6 Å². The number of nitrogens with zero attached hydrogens (tertiary/aromatic N) is 3. The van der Waals surface area contributed by atoms with Crippen LogP contribution < -0.4 is 0 Å². The Morgan fingerprint density at radius 3 is 1.38 bits per heavy atom. The largest absolute Gasteiger partial charge is 0.362 e. The molecule has 0 saturated heterocycles. The van der Waals surface area contributed by atoms with Crippen LogP contribution >= 0.6 is 0 Å². The van der Waals surface area contributed by atoms with E-state index >= 15 is 0 Å². The van der Waals surface area contributed by atoms with Gasteiger partial charge < -0.3 is 4.52 Å². The van der Waals surface area contributed by atoms with E-state index < -0.39 is 0 Å². The third-order valence-corrected chi connectivity index (χ3v) is 1.04. The van der Waals surface area contributed by atoms with Crippen molar-refractivity contribution >= 4 is 0 Å². The van der Waals surface area contributed by atoms with Crippen LogP contribution in [0.3, 0.4) is 0 Å². The predicted molar refractivity (Wildman–Crippen MR) is 66.0 cm³/mol. The number of hydrogen-bond donors (Lipinski definition) is 0. The second kappa shape index (κ2) is 15.7. The summed E-state index contributed by atoms with van der Waals surface area (Å²) in [5, 5.41) is 3.45. The average molecular weight is 223 g/mol. The Morgan fingerprint density at radius 1 is 0.812 bits per heavy atom. The molecule has 2 rings (SSSR count). The third-order valence-electron chi connectivity index (χ3n) is 1.04. The number of aryl methyl sites for hydroxylation is 1. The van der Waals surface area contributed by atoms with Crippen LogP contribution in [-0.2, 0) is 0 Å². The van der Waals surface area contributed by atoms with Crippen molar-refractivity contribution in [3.05, 3.63) is 42.8 Å². The molecule has 0 aliphatic heterocycles. The third kappa shape index (κ3) is 12.3. The quantitative estimate of drug-likeness (QED) is 0.685. The second-order valence-electron chi connectivity index (χ2n) is 2.02. The van der Waals surface area contributed by atoms with E-state index in [-0.39, 0.29) is 0 Å². The van der Waals surface area contributed by atoms with Gasteiger partial charge in [-0.1, -0.05) is 32.9 Å². The Labute approximate surface area is 97.7 Å². The molecule has 0 N–H and O–H groups in total. The highest BCUT2D eigenvalue weighted by atomic mass is 16.5. The molecule has 90 valence electrons. The Bertz CT molecular complexity index is 256. The van der Waals surface area contributed by atoms with E-state index in [1.165, 1.54) is 0 Å². The van der Waals surface area contributed by atoms with E-state index in [4.69, 9.17) is 0 Å². The summed E-state index contributed by atoms with van der Waals surface area (Å²) >= 11 is 0. The summed E-state index contributed by atoms with van der Waals surface area (Å²) in [6.45, 7) is 9.85. The maximum Gasteiger partial charge on any atom is 0.133 e. The van der Waals surface area contributed by atoms with Gasteiger partial charge in [-0.25, -0.2) is 0 Å². The lowest BCUT2D eigenvalue weighted by Gasteiger charge is -1.70. The van der Waals surface area contributed by atoms with Gasteiger partial charge in [-0.2, -0.15) is 0 Å². The highest BCUT2D eigenvalue weighted by molar-refractivity contribution is 4.87. The lowest BCUT2D eigenvalue weighted by Crippen LogP contribution is -1.66. The first-order valence-corrected chi connectivity index (χ1v) is 5.47. The second-order valence-corrected chi connectivity index (χ2v) is 2.02. The van der Waals surface area contributed by atoms with Gasteiger partial charge in [0, 0.05) is 30.9 Å². The van der Waals surface area contributed by atoms with E-state index in [1.807, 2.05) is 34.6 Å². The summed E-state index contributed by atoms with van der Waals surface area (Å²) in [7, 11) is 0. The summed E-state index contributed by atoms with van der Waals surface area (Å²) < 4.78 is 4.58. The molecule has 0 aliphatic carbocycles. The van der Waals surface area contributed by atoms with Crippen LogP contribution in [0.1, 0.15) is 33.5 Å². The molecule has 0 aliphatic rings. The zero-order valence-electron chi connectivity index (χ0n) is 10.7. The van der Waals surface area contributed by atoms with Crippen molar-refractivity contribution in [1.82, 2.24) is 15.1 Å². The minimum Gasteiger partial charge on any atom is -0.362 e. The SMILES string of the molecule is CC.CC.Cc1ccno1.c1cnccn1. The zero-order chi connectivity index (χ0) is 12.6. The van der Waals surface area contributed by atoms with Gasteiger partial charge in [0.1, 0.15) is 5.76 Å². The molecule has 0 amide bonds. The summed E-state index contributed by atoms with van der Waals surface area (Å²) in [4.78, 5) is 7.44. The van der Waals surface area contributed by atoms with E-state index in [0.29, 0.717) is 0 Å². The first-order chi connectivity index (χ1) is 7.89. The Hall–Kier alpha value is -1.71. The fourth-order valence-electron chi connectivity index (χ4n) is 0.533. The van der Waals surface area contributed by atoms with Crippen LogP contribution in [0, 0.1) is 6.92 Å². The van der Waals surface area contributed by atoms with Crippen LogP contribution in [-0.4, -0.2) is 15.1 Å². The molecule has 0 atom stereocenters. The molecule has 0 saturated carbocycles. The fourth-order valence-corrected chi connectivity index (χ4v) is 0.533. The molecule has 2 heterocycles. The van der Waals surface area contributed by atoms with Gasteiger partial charge in [0.15, 0.2) is 0 Å². The van der Waals surface area contributed by atoms with Gasteiger partial charge in [0.25, 0.3) is 0 Å². The first kappa shape index (κ1) is 16.7. The molecule has 0 unspecified atom stereocenters. The Balaban J connectivity index is 0. The minimum atomic E-state index is 0.856. The van der Waals surface area contributed by atoms with Gasteiger partial charge in [0.05, 0.1) is 6.20 Å². The van der Waals surface area contributed by atoms with Gasteiger partial charge in [-0.15, -0.1) is 0 Å². The number of aromatic nitrogens is 3. The van der Waals surface area contributed by atoms with Crippen molar-refractivity contribution in [1.29, 1.82) is 0 Å². The molecule has 0 fully saturated rings. The van der Waals surface area contributed by atoms with Crippen molar-refractivity contribution in [3.8, 4) is 0 Å². The van der Waals surface area contributed by atoms with Crippen molar-refractivity contribution in [2.45, 2.75) is 34.6 Å². The van der Waals surface area contributed by atoms with Crippen molar-refractivity contribution < 1.29 is 4.52 Å². The molecule has 0 spiro atoms. The predicted octanol–water partition coefficient (Wildman–Crippen LogP) is 3.51. The van der Waals surface area contributed by atoms with Crippen LogP contribution in [0.4, 0.5) is 0 Å². The first-order valence-electron chi connectivity index (χ1n) is 5.47. The maximum absolute atomic E-state index is 4.58. The molecule has 2 aromatic rings. The summed E-state index contributed by atoms with van der Waals surface area (Å²) in [5.41, 5.74) is 0. The Morgan fingerprint density at radius 2 is 1.25 bits per heavy atom. The lowest BCUT2D eigenvalue weighted by atomic mass is 10.5. The van der Waals surface area contributed by atoms with E-state index in [0.717, 1.165) is 5.76 Å². The normalized spacial score (nSPS) is 7.06. The topological polar surface area (TPSA) is 51.8 Å². The zero-order valence-corrected chi connectivity index (χ0v) is 10.7. The van der Waals surface area contributed by atoms with Gasteiger partial charge in [-0.3, -0.25) is 9.97 Å². The van der Waals surface area contributed by atoms with Crippen LogP contribution in [0.5, 0.6) is 0 Å². The molecule has 0 radical (unpaired) electrons. The average Bonchev–Trinajstić information content (AvgIpc) is 2.88. The summed E-state index contributed by atoms with van der Waals surface area (Å²) in [6, 6.07) is 1.81. The van der Waals surface area contributed by atoms with Crippen LogP contribution in [0.25, 0.3) is 0 Å². The monoisotopic (exact) mass is 223 g/mol. The highest BCUT2D eigenvalue weighted by Gasteiger charge is 1.78. The molecule has 0 bridgehead atoms. The maximum atomic E-state index is 4.58. The smallest absolute Gasteiger partial charge is 0.133 e. The fraction of sp³-hybridized carbons (Fsp3) is 0.417. The molecule has 4 nitrogen and oxygen atoms in total. The molecular formula is C12H21N3O. The molecule has 2 aromatic heterocycles. The van der Waals surface area contributed by atoms with E-state index in [9.17, 15) is 0 Å². The standard InChI is InChI=1S/C4H4N2.C4H5NO.2C2H6/c1-2-6-4-3-5-1;1-4-2-3-5-6-4;2*1-2/h1-4H;2-3H,1H3;2*1-2H3. The number of hydrogen-bond acceptors (Lipinski definition) is 4. The van der Waals surface area contributed by atoms with Gasteiger partial charge in [-0.05, 0) is 6.92 Å². The van der Waals surface area contributed by atoms with Gasteiger partial charge in [0.2, 0.25) is 0 Å². The van der Waals surface area contributed by atoms with Gasteiger partial charge >= 0.3 is 0 Å². The van der Waals surface area contributed by atoms with Crippen LogP contribution in [0.2, 0.25) is 0 Å². The molecule has 4 heteroatoms. The van der Waals surface area contributed by atoms with E-state index in [1.54, 1.807) is 37.1 Å². The minimum absolute atomic E-state index is 0.856. The van der Waals surface area contributed by atoms with Crippen LogP contribution in [0.15, 0.2) is 41.6 Å². The lowest BCUT2D eigenvalue weighted by molar-refractivity contribution is 0.397. The Kier molecular flexibility index (Phi) is 16.4. The van der Waals surface area contributed by atoms with Crippen molar-refractivity contribution in [3.63, 3.8) is 0 Å². The molecular weight excluding hydrogens is 202 g/mol. The van der Waals surface area contributed by atoms with Crippen molar-refractivity contribution in [2.75, 3.05) is 0 Å². The number of rotatable bonds is 0. The van der Waals surface area contributed by atoms with Crippen molar-refractivity contribution in [2.24, 2.45) is 0 Å². The molecule has 16 heavy (non-hydrogen) atoms. The molecule has 0 aromatic carbocycles. The summed E-state index contributed by atoms with van der Waals surface area (Å²) in [5.74, 6) is 0.856.